The van der Waals surface area contributed by atoms with Gasteiger partial charge in [0.05, 0.1) is 43.0 Å². The first-order valence-electron chi connectivity index (χ1n) is 21.3. The first-order chi connectivity index (χ1) is 28.9. The minimum absolute atomic E-state index is 0.0526. The lowest BCUT2D eigenvalue weighted by atomic mass is 9.89. The normalized spacial score (nSPS) is 21.8. The van der Waals surface area contributed by atoms with Crippen LogP contribution in [0.2, 0.25) is 0 Å². The van der Waals surface area contributed by atoms with Crippen LogP contribution in [0.5, 0.6) is 0 Å². The van der Waals surface area contributed by atoms with Gasteiger partial charge in [-0.25, -0.2) is 14.6 Å². The number of carbonyl (C=O) groups is 4. The molecule has 4 aromatic carbocycles. The molecule has 4 heterocycles. The molecule has 60 heavy (non-hydrogen) atoms. The Balaban J connectivity index is 0.954. The number of carbonyl (C=O) groups excluding carboxylic acids is 4. The number of piperidine rings is 1. The number of aliphatic imine (C=N–C) groups is 1. The van der Waals surface area contributed by atoms with E-state index >= 15 is 0 Å². The van der Waals surface area contributed by atoms with E-state index in [9.17, 15) is 19.2 Å². The molecular weight excluding hydrogens is 759 g/mol. The van der Waals surface area contributed by atoms with Gasteiger partial charge in [0, 0.05) is 30.1 Å². The number of methoxy groups -OCH3 is 2. The smallest absolute Gasteiger partial charge is 0.407 e. The lowest BCUT2D eigenvalue weighted by Crippen LogP contribution is -2.57. The SMILES string of the molecule is COC(=O)N[C@H](C(=O)N1CCC[C@H]1c1nc2c(ccc3cc(-c4ccc5c6c(ccc5c4)N=C([C@@H]4[C@@H]5CC[C@@H](C5)N4C(=O)[C@@H](NC(=O)OC)C(C)C)C6)ccc32)[nH]1)C(C)C. The molecule has 0 radical (unpaired) electrons. The van der Waals surface area contributed by atoms with Gasteiger partial charge in [-0.05, 0) is 107 Å². The quantitative estimate of drug-likeness (QED) is 0.136. The molecule has 9 rings (SSSR count). The fraction of sp³-hybridized carbons (Fsp3) is 0.447. The van der Waals surface area contributed by atoms with Crippen LogP contribution in [0.4, 0.5) is 15.3 Å². The number of nitrogens with zero attached hydrogens (tertiary/aromatic N) is 4. The molecule has 2 saturated heterocycles. The van der Waals surface area contributed by atoms with Crippen molar-refractivity contribution in [1.82, 2.24) is 30.4 Å². The Kier molecular flexibility index (Phi) is 10.2. The van der Waals surface area contributed by atoms with Gasteiger partial charge >= 0.3 is 12.2 Å². The van der Waals surface area contributed by atoms with Crippen LogP contribution in [0.25, 0.3) is 43.7 Å². The number of imidazole rings is 1. The second-order valence-corrected chi connectivity index (χ2v) is 17.6. The minimum atomic E-state index is -0.694. The second kappa shape index (κ2) is 15.6. The Bertz CT molecular complexity index is 2580. The van der Waals surface area contributed by atoms with Crippen molar-refractivity contribution in [3.05, 3.63) is 72.1 Å². The third kappa shape index (κ3) is 6.81. The van der Waals surface area contributed by atoms with E-state index < -0.39 is 24.3 Å². The molecule has 4 aliphatic rings. The predicted molar refractivity (Wildman–Crippen MR) is 231 cm³/mol. The molecule has 5 aromatic rings. The van der Waals surface area contributed by atoms with Crippen molar-refractivity contribution >= 4 is 68.0 Å². The second-order valence-electron chi connectivity index (χ2n) is 17.6. The molecule has 13 nitrogen and oxygen atoms in total. The number of fused-ring (bicyclic) bond motifs is 8. The maximum Gasteiger partial charge on any atom is 0.407 e. The predicted octanol–water partition coefficient (Wildman–Crippen LogP) is 7.97. The number of hydrogen-bond acceptors (Lipinski definition) is 8. The van der Waals surface area contributed by atoms with E-state index in [0.717, 1.165) is 93.0 Å². The molecule has 3 aliphatic heterocycles. The Morgan fingerprint density at radius 3 is 2.12 bits per heavy atom. The number of likely N-dealkylation sites (tertiary alicyclic amines) is 2. The largest absolute Gasteiger partial charge is 0.453 e. The van der Waals surface area contributed by atoms with Crippen molar-refractivity contribution < 1.29 is 28.7 Å². The van der Waals surface area contributed by atoms with Crippen molar-refractivity contribution in [2.45, 2.75) is 96.4 Å². The molecule has 6 atom stereocenters. The Morgan fingerprint density at radius 2 is 1.43 bits per heavy atom. The number of H-pyrrole nitrogens is 1. The maximum absolute atomic E-state index is 14.1. The van der Waals surface area contributed by atoms with E-state index in [1.807, 2.05) is 37.5 Å². The molecule has 0 spiro atoms. The lowest BCUT2D eigenvalue weighted by Gasteiger charge is -2.38. The van der Waals surface area contributed by atoms with E-state index in [1.54, 1.807) is 0 Å². The highest BCUT2D eigenvalue weighted by atomic mass is 16.5. The zero-order valence-corrected chi connectivity index (χ0v) is 35.1. The van der Waals surface area contributed by atoms with Gasteiger partial charge in [0.15, 0.2) is 0 Å². The molecule has 1 saturated carbocycles. The molecule has 4 amide bonds. The lowest BCUT2D eigenvalue weighted by molar-refractivity contribution is -0.137. The average molecular weight is 812 g/mol. The van der Waals surface area contributed by atoms with E-state index in [4.69, 9.17) is 19.5 Å². The number of alkyl carbamates (subject to hydrolysis) is 2. The van der Waals surface area contributed by atoms with Gasteiger partial charge in [0.1, 0.15) is 17.9 Å². The summed E-state index contributed by atoms with van der Waals surface area (Å²) in [4.78, 5) is 69.8. The standard InChI is InChI=1S/C47H53N7O6/c1-24(2)39(51-46(57)59-5)44(55)53-19-7-8-38(53)43-49-36-18-13-29-21-27(11-16-33(29)41(36)50-43)26-10-15-32-28(20-26)12-17-35-34(32)23-37(48-35)42-30-9-14-31(22-30)54(42)45(56)40(25(3)4)52-47(58)60-6/h10-13,15-18,20-21,24-25,30-31,38-40,42H,7-9,14,19,22-23H2,1-6H3,(H,49,50)(H,51,57)(H,52,58)/t30-,31+,38+,39+,40+,42+/m1/s1. The molecule has 3 fully saturated rings. The summed E-state index contributed by atoms with van der Waals surface area (Å²) in [6, 6.07) is 20.0. The zero-order valence-electron chi connectivity index (χ0n) is 35.1. The average Bonchev–Trinajstić information content (AvgIpc) is 4.11. The van der Waals surface area contributed by atoms with Gasteiger partial charge in [-0.15, -0.1) is 0 Å². The summed E-state index contributed by atoms with van der Waals surface area (Å²) in [5.74, 6) is 0.723. The molecule has 3 N–H and O–H groups in total. The van der Waals surface area contributed by atoms with Gasteiger partial charge in [0.2, 0.25) is 11.8 Å². The van der Waals surface area contributed by atoms with Crippen LogP contribution in [-0.4, -0.2) is 94.4 Å². The molecule has 1 aromatic heterocycles. The Morgan fingerprint density at radius 1 is 0.783 bits per heavy atom. The van der Waals surface area contributed by atoms with Gasteiger partial charge in [0.25, 0.3) is 0 Å². The fourth-order valence-corrected chi connectivity index (χ4v) is 10.3. The van der Waals surface area contributed by atoms with Crippen molar-refractivity contribution in [1.29, 1.82) is 0 Å². The topological polar surface area (TPSA) is 158 Å². The molecule has 0 unspecified atom stereocenters. The monoisotopic (exact) mass is 811 g/mol. The third-order valence-corrected chi connectivity index (χ3v) is 13.4. The van der Waals surface area contributed by atoms with Crippen molar-refractivity contribution in [2.75, 3.05) is 20.8 Å². The van der Waals surface area contributed by atoms with Crippen molar-refractivity contribution in [3.63, 3.8) is 0 Å². The minimum Gasteiger partial charge on any atom is -0.453 e. The zero-order chi connectivity index (χ0) is 42.0. The van der Waals surface area contributed by atoms with Crippen LogP contribution in [0.3, 0.4) is 0 Å². The first-order valence-corrected chi connectivity index (χ1v) is 21.3. The number of aromatic amines is 1. The number of hydrogen-bond donors (Lipinski definition) is 3. The van der Waals surface area contributed by atoms with Gasteiger partial charge in [-0.3, -0.25) is 14.6 Å². The molecule has 1 aliphatic carbocycles. The van der Waals surface area contributed by atoms with E-state index in [2.05, 4.69) is 76.3 Å². The van der Waals surface area contributed by atoms with Crippen LogP contribution in [0.15, 0.2) is 65.7 Å². The van der Waals surface area contributed by atoms with Crippen molar-refractivity contribution in [2.24, 2.45) is 22.7 Å². The van der Waals surface area contributed by atoms with E-state index in [-0.39, 0.29) is 41.8 Å². The van der Waals surface area contributed by atoms with Gasteiger partial charge < -0.3 is 34.9 Å². The highest BCUT2D eigenvalue weighted by Crippen LogP contribution is 2.47. The highest BCUT2D eigenvalue weighted by Gasteiger charge is 2.52. The number of amides is 4. The number of aromatic nitrogens is 2. The van der Waals surface area contributed by atoms with Crippen LogP contribution < -0.4 is 10.6 Å². The summed E-state index contributed by atoms with van der Waals surface area (Å²) in [7, 11) is 2.62. The van der Waals surface area contributed by atoms with Crippen LogP contribution in [0, 0.1) is 17.8 Å². The number of benzene rings is 4. The number of rotatable bonds is 9. The highest BCUT2D eigenvalue weighted by molar-refractivity contribution is 6.08. The molecule has 13 heteroatoms. The number of nitrogens with one attached hydrogen (secondary N) is 3. The summed E-state index contributed by atoms with van der Waals surface area (Å²) < 4.78 is 9.66. The van der Waals surface area contributed by atoms with Crippen LogP contribution in [0.1, 0.15) is 77.2 Å². The Hall–Kier alpha value is -5.98. The molecule has 312 valence electrons. The summed E-state index contributed by atoms with van der Waals surface area (Å²) in [6.45, 7) is 8.32. The maximum atomic E-state index is 14.1. The van der Waals surface area contributed by atoms with E-state index in [1.165, 1.54) is 19.8 Å². The molecular formula is C47H53N7O6. The fourth-order valence-electron chi connectivity index (χ4n) is 10.3. The van der Waals surface area contributed by atoms with Gasteiger partial charge in [-0.2, -0.15) is 0 Å². The van der Waals surface area contributed by atoms with Crippen LogP contribution in [-0.2, 0) is 25.5 Å². The Labute approximate surface area is 349 Å². The summed E-state index contributed by atoms with van der Waals surface area (Å²) in [5.41, 5.74) is 7.16. The van der Waals surface area contributed by atoms with Crippen LogP contribution >= 0.6 is 0 Å². The first kappa shape index (κ1) is 39.5. The van der Waals surface area contributed by atoms with E-state index in [0.29, 0.717) is 18.9 Å². The number of ether oxygens (including phenoxy) is 2. The molecule has 2 bridgehead atoms. The summed E-state index contributed by atoms with van der Waals surface area (Å²) >= 11 is 0. The summed E-state index contributed by atoms with van der Waals surface area (Å²) in [6.07, 6.45) is 4.12. The van der Waals surface area contributed by atoms with Gasteiger partial charge in [-0.1, -0.05) is 64.1 Å². The summed E-state index contributed by atoms with van der Waals surface area (Å²) in [5, 5.41) is 9.91. The third-order valence-electron chi connectivity index (χ3n) is 13.4. The van der Waals surface area contributed by atoms with Crippen molar-refractivity contribution in [3.8, 4) is 11.1 Å².